The van der Waals surface area contributed by atoms with Gasteiger partial charge in [0.25, 0.3) is 6.43 Å². The van der Waals surface area contributed by atoms with Crippen LogP contribution in [0.5, 0.6) is 0 Å². The SMILES string of the molecule is O=C(O)c1ccc(-c2cc(C(=O)O)c(C(=O)O)cc2C(F)F)cc1C(=O)O. The van der Waals surface area contributed by atoms with Crippen molar-refractivity contribution in [2.24, 2.45) is 0 Å². The molecule has 0 unspecified atom stereocenters. The van der Waals surface area contributed by atoms with Crippen LogP contribution in [0, 0.1) is 0 Å². The van der Waals surface area contributed by atoms with E-state index in [1.54, 1.807) is 0 Å². The Morgan fingerprint density at radius 3 is 1.56 bits per heavy atom. The van der Waals surface area contributed by atoms with Crippen molar-refractivity contribution in [3.8, 4) is 11.1 Å². The van der Waals surface area contributed by atoms with Gasteiger partial charge in [0.2, 0.25) is 0 Å². The third-order valence-electron chi connectivity index (χ3n) is 3.68. The van der Waals surface area contributed by atoms with E-state index in [1.807, 2.05) is 0 Å². The molecule has 0 aromatic heterocycles. The second-order valence-corrected chi connectivity index (χ2v) is 5.27. The van der Waals surface area contributed by atoms with Gasteiger partial charge in [-0.15, -0.1) is 0 Å². The van der Waals surface area contributed by atoms with Gasteiger partial charge in [0, 0.05) is 5.56 Å². The van der Waals surface area contributed by atoms with Gasteiger partial charge in [-0.05, 0) is 35.4 Å². The molecule has 0 saturated heterocycles. The first-order valence-corrected chi connectivity index (χ1v) is 7.08. The molecule has 10 heteroatoms. The monoisotopic (exact) mass is 380 g/mol. The molecule has 0 aliphatic rings. The molecule has 0 saturated carbocycles. The van der Waals surface area contributed by atoms with Crippen LogP contribution in [-0.4, -0.2) is 44.3 Å². The minimum absolute atomic E-state index is 0.202. The average Bonchev–Trinajstić information content (AvgIpc) is 2.59. The first-order chi connectivity index (χ1) is 12.5. The number of carboxylic acids is 4. The number of carboxylic acid groups (broad SMARTS) is 4. The van der Waals surface area contributed by atoms with E-state index in [0.717, 1.165) is 18.2 Å². The number of rotatable bonds is 6. The lowest BCUT2D eigenvalue weighted by molar-refractivity contribution is 0.0650. The third kappa shape index (κ3) is 3.73. The van der Waals surface area contributed by atoms with Gasteiger partial charge in [-0.1, -0.05) is 6.07 Å². The molecule has 0 aliphatic carbocycles. The van der Waals surface area contributed by atoms with Gasteiger partial charge in [-0.25, -0.2) is 28.0 Å². The summed E-state index contributed by atoms with van der Waals surface area (Å²) in [5.74, 6) is -6.60. The summed E-state index contributed by atoms with van der Waals surface area (Å²) in [6.07, 6.45) is -3.20. The van der Waals surface area contributed by atoms with Crippen LogP contribution in [0.1, 0.15) is 53.4 Å². The molecule has 2 rings (SSSR count). The molecule has 0 radical (unpaired) electrons. The third-order valence-corrected chi connectivity index (χ3v) is 3.68. The Balaban J connectivity index is 2.85. The molecule has 2 aromatic carbocycles. The zero-order valence-corrected chi connectivity index (χ0v) is 13.1. The van der Waals surface area contributed by atoms with Gasteiger partial charge >= 0.3 is 23.9 Å². The van der Waals surface area contributed by atoms with E-state index in [0.29, 0.717) is 12.1 Å². The Bertz CT molecular complexity index is 981. The molecule has 4 N–H and O–H groups in total. The number of benzene rings is 2. The highest BCUT2D eigenvalue weighted by Crippen LogP contribution is 2.35. The van der Waals surface area contributed by atoms with E-state index in [9.17, 15) is 28.0 Å². The quantitative estimate of drug-likeness (QED) is 0.597. The van der Waals surface area contributed by atoms with Crippen LogP contribution in [-0.2, 0) is 0 Å². The fraction of sp³-hybridized carbons (Fsp3) is 0.0588. The van der Waals surface area contributed by atoms with Crippen LogP contribution in [0.3, 0.4) is 0 Å². The summed E-state index contributed by atoms with van der Waals surface area (Å²) >= 11 is 0. The van der Waals surface area contributed by atoms with E-state index < -0.39 is 63.7 Å². The molecule has 27 heavy (non-hydrogen) atoms. The summed E-state index contributed by atoms with van der Waals surface area (Å²) in [6.45, 7) is 0. The predicted octanol–water partition coefficient (Wildman–Crippen LogP) is 3.08. The van der Waals surface area contributed by atoms with E-state index in [2.05, 4.69) is 0 Å². The summed E-state index contributed by atoms with van der Waals surface area (Å²) in [7, 11) is 0. The lowest BCUT2D eigenvalue weighted by Crippen LogP contribution is -2.11. The minimum atomic E-state index is -3.20. The minimum Gasteiger partial charge on any atom is -0.478 e. The summed E-state index contributed by atoms with van der Waals surface area (Å²) in [6, 6.07) is 3.90. The summed E-state index contributed by atoms with van der Waals surface area (Å²) in [5.41, 5.74) is -4.39. The fourth-order valence-electron chi connectivity index (χ4n) is 2.48. The van der Waals surface area contributed by atoms with Crippen molar-refractivity contribution in [3.63, 3.8) is 0 Å². The highest BCUT2D eigenvalue weighted by Gasteiger charge is 2.25. The number of aromatic carboxylic acids is 4. The largest absolute Gasteiger partial charge is 0.478 e. The second kappa shape index (κ2) is 7.20. The maximum Gasteiger partial charge on any atom is 0.336 e. The molecule has 0 atom stereocenters. The fourth-order valence-corrected chi connectivity index (χ4v) is 2.48. The normalized spacial score (nSPS) is 10.6. The molecule has 0 heterocycles. The smallest absolute Gasteiger partial charge is 0.336 e. The Morgan fingerprint density at radius 2 is 1.11 bits per heavy atom. The van der Waals surface area contributed by atoms with Crippen LogP contribution in [0.25, 0.3) is 11.1 Å². The van der Waals surface area contributed by atoms with Crippen LogP contribution >= 0.6 is 0 Å². The number of alkyl halides is 2. The van der Waals surface area contributed by atoms with Crippen molar-refractivity contribution in [2.45, 2.75) is 6.43 Å². The standard InChI is InChI=1S/C17H10F2O8/c18-13(19)9-5-12(17(26)27)11(16(24)25)4-8(9)6-1-2-7(14(20)21)10(3-6)15(22)23/h1-5,13H,(H,20,21)(H,22,23)(H,24,25)(H,26,27). The molecule has 0 amide bonds. The number of hydrogen-bond acceptors (Lipinski definition) is 4. The van der Waals surface area contributed by atoms with Gasteiger partial charge in [-0.2, -0.15) is 0 Å². The highest BCUT2D eigenvalue weighted by atomic mass is 19.3. The Kier molecular flexibility index (Phi) is 5.20. The van der Waals surface area contributed by atoms with Crippen LogP contribution in [0.4, 0.5) is 8.78 Å². The number of halogens is 2. The molecule has 140 valence electrons. The molecule has 8 nitrogen and oxygen atoms in total. The highest BCUT2D eigenvalue weighted by molar-refractivity contribution is 6.05. The molecule has 2 aromatic rings. The van der Waals surface area contributed by atoms with E-state index in [4.69, 9.17) is 20.4 Å². The lowest BCUT2D eigenvalue weighted by Gasteiger charge is -2.14. The maximum absolute atomic E-state index is 13.4. The molecule has 0 spiro atoms. The molecule has 0 aliphatic heterocycles. The van der Waals surface area contributed by atoms with Crippen molar-refractivity contribution in [1.29, 1.82) is 0 Å². The van der Waals surface area contributed by atoms with Gasteiger partial charge in [0.15, 0.2) is 0 Å². The van der Waals surface area contributed by atoms with Gasteiger partial charge in [0.1, 0.15) is 0 Å². The van der Waals surface area contributed by atoms with E-state index >= 15 is 0 Å². The van der Waals surface area contributed by atoms with Crippen molar-refractivity contribution in [2.75, 3.05) is 0 Å². The Hall–Kier alpha value is -3.82. The zero-order valence-electron chi connectivity index (χ0n) is 13.1. The Morgan fingerprint density at radius 1 is 0.667 bits per heavy atom. The summed E-state index contributed by atoms with van der Waals surface area (Å²) in [5, 5.41) is 36.3. The lowest BCUT2D eigenvalue weighted by atomic mass is 9.91. The molecule has 0 bridgehead atoms. The van der Waals surface area contributed by atoms with Crippen molar-refractivity contribution in [1.82, 2.24) is 0 Å². The van der Waals surface area contributed by atoms with Crippen LogP contribution in [0.15, 0.2) is 30.3 Å². The zero-order chi connectivity index (χ0) is 20.5. The summed E-state index contributed by atoms with van der Waals surface area (Å²) < 4.78 is 26.8. The molecular weight excluding hydrogens is 370 g/mol. The topological polar surface area (TPSA) is 149 Å². The van der Waals surface area contributed by atoms with Crippen LogP contribution in [0.2, 0.25) is 0 Å². The van der Waals surface area contributed by atoms with Crippen molar-refractivity contribution < 1.29 is 48.4 Å². The maximum atomic E-state index is 13.4. The summed E-state index contributed by atoms with van der Waals surface area (Å²) in [4.78, 5) is 44.8. The first kappa shape index (κ1) is 19.5. The average molecular weight is 380 g/mol. The molecular formula is C17H10F2O8. The van der Waals surface area contributed by atoms with E-state index in [-0.39, 0.29) is 5.56 Å². The molecule has 0 fully saturated rings. The van der Waals surface area contributed by atoms with Gasteiger partial charge in [0.05, 0.1) is 22.3 Å². The Labute approximate surface area is 148 Å². The number of hydrogen-bond donors (Lipinski definition) is 4. The predicted molar refractivity (Wildman–Crippen MR) is 84.7 cm³/mol. The van der Waals surface area contributed by atoms with Gasteiger partial charge < -0.3 is 20.4 Å². The van der Waals surface area contributed by atoms with Crippen molar-refractivity contribution >= 4 is 23.9 Å². The van der Waals surface area contributed by atoms with Crippen LogP contribution < -0.4 is 0 Å². The second-order valence-electron chi connectivity index (χ2n) is 5.27. The van der Waals surface area contributed by atoms with E-state index in [1.165, 1.54) is 0 Å². The first-order valence-electron chi connectivity index (χ1n) is 7.08. The number of carbonyl (C=O) groups is 4. The van der Waals surface area contributed by atoms with Gasteiger partial charge in [-0.3, -0.25) is 0 Å². The van der Waals surface area contributed by atoms with Crippen molar-refractivity contribution in [3.05, 3.63) is 58.1 Å².